The van der Waals surface area contributed by atoms with E-state index < -0.39 is 0 Å². The van der Waals surface area contributed by atoms with Crippen molar-refractivity contribution in [1.82, 2.24) is 9.97 Å². The summed E-state index contributed by atoms with van der Waals surface area (Å²) in [6.07, 6.45) is 3.53. The second-order valence-electron chi connectivity index (χ2n) is 3.75. The van der Waals surface area contributed by atoms with Crippen molar-refractivity contribution < 1.29 is 0 Å². The number of hydrogen-bond acceptors (Lipinski definition) is 2. The van der Waals surface area contributed by atoms with Crippen molar-refractivity contribution in [2.45, 2.75) is 20.4 Å². The zero-order valence-corrected chi connectivity index (χ0v) is 9.04. The van der Waals surface area contributed by atoms with Crippen LogP contribution in [0.1, 0.15) is 16.8 Å². The monoisotopic (exact) mass is 201 g/mol. The predicted molar refractivity (Wildman–Crippen MR) is 61.8 cm³/mol. The van der Waals surface area contributed by atoms with Crippen LogP contribution in [-0.4, -0.2) is 9.97 Å². The number of aromatic nitrogens is 2. The molecule has 0 radical (unpaired) electrons. The second kappa shape index (κ2) is 4.17. The summed E-state index contributed by atoms with van der Waals surface area (Å²) in [6.45, 7) is 4.99. The Morgan fingerprint density at radius 3 is 2.93 bits per heavy atom. The molecule has 3 heteroatoms. The van der Waals surface area contributed by atoms with Crippen molar-refractivity contribution in [2.24, 2.45) is 0 Å². The predicted octanol–water partition coefficient (Wildman–Crippen LogP) is 2.64. The Morgan fingerprint density at radius 1 is 1.33 bits per heavy atom. The first-order valence-electron chi connectivity index (χ1n) is 5.04. The van der Waals surface area contributed by atoms with E-state index in [4.69, 9.17) is 0 Å². The average Bonchev–Trinajstić information content (AvgIpc) is 2.72. The summed E-state index contributed by atoms with van der Waals surface area (Å²) in [5, 5.41) is 3.38. The Hall–Kier alpha value is -1.77. The lowest BCUT2D eigenvalue weighted by Gasteiger charge is -2.09. The van der Waals surface area contributed by atoms with Crippen LogP contribution in [0, 0.1) is 13.8 Å². The van der Waals surface area contributed by atoms with Crippen LogP contribution in [0.2, 0.25) is 0 Å². The molecule has 78 valence electrons. The van der Waals surface area contributed by atoms with Gasteiger partial charge in [0.2, 0.25) is 0 Å². The molecule has 1 aromatic carbocycles. The fraction of sp³-hybridized carbons (Fsp3) is 0.250. The van der Waals surface area contributed by atoms with E-state index in [1.807, 2.05) is 6.20 Å². The van der Waals surface area contributed by atoms with Crippen molar-refractivity contribution in [3.05, 3.63) is 47.5 Å². The molecule has 0 spiro atoms. The van der Waals surface area contributed by atoms with Crippen molar-refractivity contribution in [1.29, 1.82) is 0 Å². The molecule has 0 unspecified atom stereocenters. The van der Waals surface area contributed by atoms with Crippen LogP contribution < -0.4 is 5.32 Å². The number of imidazole rings is 1. The minimum absolute atomic E-state index is 0.782. The lowest BCUT2D eigenvalue weighted by atomic mass is 10.1. The van der Waals surface area contributed by atoms with Gasteiger partial charge < -0.3 is 10.3 Å². The smallest absolute Gasteiger partial charge is 0.0922 e. The van der Waals surface area contributed by atoms with Crippen molar-refractivity contribution >= 4 is 5.69 Å². The molecule has 0 aliphatic heterocycles. The van der Waals surface area contributed by atoms with E-state index in [1.54, 1.807) is 6.33 Å². The summed E-state index contributed by atoms with van der Waals surface area (Å²) in [6, 6.07) is 6.41. The van der Waals surface area contributed by atoms with Gasteiger partial charge >= 0.3 is 0 Å². The molecule has 2 N–H and O–H groups in total. The Morgan fingerprint density at radius 2 is 2.20 bits per heavy atom. The summed E-state index contributed by atoms with van der Waals surface area (Å²) >= 11 is 0. The lowest BCUT2D eigenvalue weighted by Crippen LogP contribution is -2.01. The topological polar surface area (TPSA) is 40.7 Å². The quantitative estimate of drug-likeness (QED) is 0.801. The van der Waals surface area contributed by atoms with Crippen molar-refractivity contribution in [3.8, 4) is 0 Å². The normalized spacial score (nSPS) is 10.3. The fourth-order valence-electron chi connectivity index (χ4n) is 1.50. The van der Waals surface area contributed by atoms with E-state index in [0.717, 1.165) is 12.2 Å². The molecule has 0 bridgehead atoms. The Bertz CT molecular complexity index is 432. The number of anilines is 1. The highest BCUT2D eigenvalue weighted by Crippen LogP contribution is 2.16. The molecule has 15 heavy (non-hydrogen) atoms. The first-order chi connectivity index (χ1) is 7.25. The SMILES string of the molecule is Cc1ccc(C)c(NCc2cnc[nH]2)c1. The maximum Gasteiger partial charge on any atom is 0.0922 e. The molecule has 0 aliphatic carbocycles. The van der Waals surface area contributed by atoms with Gasteiger partial charge in [0.15, 0.2) is 0 Å². The van der Waals surface area contributed by atoms with E-state index in [2.05, 4.69) is 47.3 Å². The van der Waals surface area contributed by atoms with Crippen LogP contribution in [0.4, 0.5) is 5.69 Å². The summed E-state index contributed by atoms with van der Waals surface area (Å²) in [7, 11) is 0. The minimum atomic E-state index is 0.782. The molecule has 0 saturated heterocycles. The van der Waals surface area contributed by atoms with Gasteiger partial charge in [-0.2, -0.15) is 0 Å². The van der Waals surface area contributed by atoms with Crippen LogP contribution in [0.25, 0.3) is 0 Å². The molecule has 2 rings (SSSR count). The van der Waals surface area contributed by atoms with Gasteiger partial charge in [-0.1, -0.05) is 12.1 Å². The number of nitrogens with zero attached hydrogens (tertiary/aromatic N) is 1. The zero-order chi connectivity index (χ0) is 10.7. The molecule has 2 aromatic rings. The van der Waals surface area contributed by atoms with Gasteiger partial charge in [-0.05, 0) is 31.0 Å². The third-order valence-corrected chi connectivity index (χ3v) is 2.42. The summed E-state index contributed by atoms with van der Waals surface area (Å²) in [5.41, 5.74) is 4.81. The maximum absolute atomic E-state index is 3.98. The Labute approximate surface area is 89.6 Å². The Kier molecular flexibility index (Phi) is 2.72. The molecule has 0 aliphatic rings. The van der Waals surface area contributed by atoms with Crippen LogP contribution in [0.5, 0.6) is 0 Å². The number of rotatable bonds is 3. The van der Waals surface area contributed by atoms with Crippen LogP contribution in [0.3, 0.4) is 0 Å². The second-order valence-corrected chi connectivity index (χ2v) is 3.75. The standard InChI is InChI=1S/C12H15N3/c1-9-3-4-10(2)12(5-9)14-7-11-6-13-8-15-11/h3-6,8,14H,7H2,1-2H3,(H,13,15). The van der Waals surface area contributed by atoms with Gasteiger partial charge in [-0.15, -0.1) is 0 Å². The first kappa shape index (κ1) is 9.77. The van der Waals surface area contributed by atoms with Crippen LogP contribution in [0.15, 0.2) is 30.7 Å². The van der Waals surface area contributed by atoms with Gasteiger partial charge in [0.05, 0.1) is 18.6 Å². The number of hydrogen-bond donors (Lipinski definition) is 2. The molecule has 0 saturated carbocycles. The van der Waals surface area contributed by atoms with E-state index in [0.29, 0.717) is 0 Å². The fourth-order valence-corrected chi connectivity index (χ4v) is 1.50. The molecule has 0 amide bonds. The van der Waals surface area contributed by atoms with Crippen molar-refractivity contribution in [2.75, 3.05) is 5.32 Å². The zero-order valence-electron chi connectivity index (χ0n) is 9.04. The average molecular weight is 201 g/mol. The van der Waals surface area contributed by atoms with Crippen molar-refractivity contribution in [3.63, 3.8) is 0 Å². The molecule has 0 atom stereocenters. The molecule has 1 aromatic heterocycles. The highest BCUT2D eigenvalue weighted by atomic mass is 14.9. The molecule has 3 nitrogen and oxygen atoms in total. The third kappa shape index (κ3) is 2.37. The van der Waals surface area contributed by atoms with Crippen LogP contribution in [-0.2, 0) is 6.54 Å². The van der Waals surface area contributed by atoms with E-state index in [9.17, 15) is 0 Å². The van der Waals surface area contributed by atoms with E-state index >= 15 is 0 Å². The lowest BCUT2D eigenvalue weighted by molar-refractivity contribution is 1.07. The van der Waals surface area contributed by atoms with E-state index in [-0.39, 0.29) is 0 Å². The minimum Gasteiger partial charge on any atom is -0.379 e. The summed E-state index contributed by atoms with van der Waals surface area (Å²) < 4.78 is 0. The first-order valence-corrected chi connectivity index (χ1v) is 5.04. The largest absolute Gasteiger partial charge is 0.379 e. The highest BCUT2D eigenvalue weighted by molar-refractivity contribution is 5.52. The number of aryl methyl sites for hydroxylation is 2. The molecular weight excluding hydrogens is 186 g/mol. The molecular formula is C12H15N3. The number of aromatic amines is 1. The number of H-pyrrole nitrogens is 1. The van der Waals surface area contributed by atoms with Crippen LogP contribution >= 0.6 is 0 Å². The summed E-state index contributed by atoms with van der Waals surface area (Å²) in [4.78, 5) is 7.05. The van der Waals surface area contributed by atoms with E-state index in [1.165, 1.54) is 16.8 Å². The maximum atomic E-state index is 3.98. The van der Waals surface area contributed by atoms with Gasteiger partial charge in [0.25, 0.3) is 0 Å². The van der Waals surface area contributed by atoms with Gasteiger partial charge in [-0.3, -0.25) is 0 Å². The highest BCUT2D eigenvalue weighted by Gasteiger charge is 1.98. The van der Waals surface area contributed by atoms with Gasteiger partial charge in [0.1, 0.15) is 0 Å². The number of benzene rings is 1. The van der Waals surface area contributed by atoms with Gasteiger partial charge in [0, 0.05) is 11.9 Å². The Balaban J connectivity index is 2.07. The third-order valence-electron chi connectivity index (χ3n) is 2.42. The molecule has 1 heterocycles. The van der Waals surface area contributed by atoms with Gasteiger partial charge in [-0.25, -0.2) is 4.98 Å². The summed E-state index contributed by atoms with van der Waals surface area (Å²) in [5.74, 6) is 0. The number of nitrogens with one attached hydrogen (secondary N) is 2. The molecule has 0 fully saturated rings.